The minimum absolute atomic E-state index is 0.0472. The van der Waals surface area contributed by atoms with Gasteiger partial charge < -0.3 is 4.74 Å². The van der Waals surface area contributed by atoms with E-state index in [1.54, 1.807) is 10.9 Å². The minimum atomic E-state index is -0.0472. The van der Waals surface area contributed by atoms with Gasteiger partial charge in [0, 0.05) is 37.4 Å². The molecule has 0 atom stereocenters. The fourth-order valence-electron chi connectivity index (χ4n) is 3.15. The first-order valence-corrected chi connectivity index (χ1v) is 7.81. The zero-order valence-corrected chi connectivity index (χ0v) is 13.0. The predicted octanol–water partition coefficient (Wildman–Crippen LogP) is 2.15. The Hall–Kier alpha value is -2.47. The Bertz CT molecular complexity index is 906. The summed E-state index contributed by atoms with van der Waals surface area (Å²) in [7, 11) is 1.88. The average Bonchev–Trinajstić information content (AvgIpc) is 3.02. The molecule has 3 heterocycles. The zero-order chi connectivity index (χ0) is 15.8. The highest BCUT2D eigenvalue weighted by Gasteiger charge is 2.18. The molecular weight excluding hydrogens is 292 g/mol. The van der Waals surface area contributed by atoms with E-state index in [2.05, 4.69) is 10.2 Å². The van der Waals surface area contributed by atoms with Crippen LogP contribution in [0.1, 0.15) is 18.9 Å². The smallest absolute Gasteiger partial charge is 0.207 e. The number of aryl methyl sites for hydroxylation is 1. The Morgan fingerprint density at radius 2 is 1.96 bits per heavy atom. The minimum Gasteiger partial charge on any atom is -0.381 e. The quantitative estimate of drug-likeness (QED) is 0.727. The highest BCUT2D eigenvalue weighted by molar-refractivity contribution is 5.84. The number of hydrogen-bond acceptors (Lipinski definition) is 4. The van der Waals surface area contributed by atoms with Crippen molar-refractivity contribution in [1.82, 2.24) is 19.6 Å². The molecule has 3 aromatic rings. The van der Waals surface area contributed by atoms with Crippen LogP contribution in [0.4, 0.5) is 0 Å². The van der Waals surface area contributed by atoms with Crippen LogP contribution >= 0.6 is 0 Å². The lowest BCUT2D eigenvalue weighted by molar-refractivity contribution is 0.0671. The van der Waals surface area contributed by atoms with Gasteiger partial charge in [-0.1, -0.05) is 6.07 Å². The van der Waals surface area contributed by atoms with E-state index in [0.29, 0.717) is 5.39 Å². The lowest BCUT2D eigenvalue weighted by Crippen LogP contribution is -2.23. The number of rotatable bonds is 2. The average molecular weight is 310 g/mol. The second-order valence-electron chi connectivity index (χ2n) is 5.93. The van der Waals surface area contributed by atoms with Gasteiger partial charge in [-0.05, 0) is 30.5 Å². The number of aromatic nitrogens is 4. The molecule has 1 aliphatic heterocycles. The van der Waals surface area contributed by atoms with Crippen LogP contribution in [0.2, 0.25) is 0 Å². The molecule has 0 saturated carbocycles. The van der Waals surface area contributed by atoms with Crippen molar-refractivity contribution < 1.29 is 4.74 Å². The van der Waals surface area contributed by atoms with Gasteiger partial charge >= 0.3 is 0 Å². The van der Waals surface area contributed by atoms with Gasteiger partial charge in [0.2, 0.25) is 5.43 Å². The summed E-state index contributed by atoms with van der Waals surface area (Å²) in [5.74, 6) is 0. The Morgan fingerprint density at radius 1 is 1.13 bits per heavy atom. The molecule has 118 valence electrons. The molecule has 0 spiro atoms. The van der Waals surface area contributed by atoms with Crippen molar-refractivity contribution in [3.8, 4) is 11.1 Å². The molecule has 1 aliphatic rings. The maximum absolute atomic E-state index is 12.3. The summed E-state index contributed by atoms with van der Waals surface area (Å²) >= 11 is 0. The Labute approximate surface area is 133 Å². The van der Waals surface area contributed by atoms with Gasteiger partial charge in [-0.3, -0.25) is 14.2 Å². The molecule has 4 rings (SSSR count). The molecule has 0 radical (unpaired) electrons. The lowest BCUT2D eigenvalue weighted by atomic mass is 10.0. The van der Waals surface area contributed by atoms with E-state index in [1.165, 1.54) is 6.20 Å². The Morgan fingerprint density at radius 3 is 2.70 bits per heavy atom. The Balaban J connectivity index is 1.85. The molecular formula is C17H18N4O2. The first-order chi connectivity index (χ1) is 11.2. The first-order valence-electron chi connectivity index (χ1n) is 7.81. The third kappa shape index (κ3) is 2.55. The molecule has 6 nitrogen and oxygen atoms in total. The number of hydrogen-bond donors (Lipinski definition) is 0. The molecule has 0 bridgehead atoms. The van der Waals surface area contributed by atoms with Crippen LogP contribution in [0.3, 0.4) is 0 Å². The molecule has 1 saturated heterocycles. The molecule has 1 fully saturated rings. The van der Waals surface area contributed by atoms with E-state index in [0.717, 1.165) is 42.7 Å². The van der Waals surface area contributed by atoms with Gasteiger partial charge in [-0.2, -0.15) is 10.2 Å². The van der Waals surface area contributed by atoms with Gasteiger partial charge in [0.25, 0.3) is 0 Å². The first kappa shape index (κ1) is 14.1. The fraction of sp³-hybridized carbons (Fsp3) is 0.353. The van der Waals surface area contributed by atoms with Gasteiger partial charge in [0.15, 0.2) is 0 Å². The van der Waals surface area contributed by atoms with Crippen molar-refractivity contribution in [2.75, 3.05) is 13.2 Å². The molecule has 0 aliphatic carbocycles. The molecule has 6 heteroatoms. The predicted molar refractivity (Wildman–Crippen MR) is 87.3 cm³/mol. The largest absolute Gasteiger partial charge is 0.381 e. The summed E-state index contributed by atoms with van der Waals surface area (Å²) in [5, 5.41) is 9.26. The SMILES string of the molecule is Cn1cc(-c2ccc3c(c2)c(=O)cnn3C2CCOCC2)cn1. The van der Waals surface area contributed by atoms with Gasteiger partial charge in [-0.25, -0.2) is 0 Å². The van der Waals surface area contributed by atoms with Crippen LogP contribution in [0.15, 0.2) is 41.6 Å². The summed E-state index contributed by atoms with van der Waals surface area (Å²) in [5.41, 5.74) is 2.83. The van der Waals surface area contributed by atoms with Crippen LogP contribution in [0.5, 0.6) is 0 Å². The summed E-state index contributed by atoms with van der Waals surface area (Å²) < 4.78 is 9.16. The summed E-state index contributed by atoms with van der Waals surface area (Å²) in [6.45, 7) is 1.49. The van der Waals surface area contributed by atoms with Crippen LogP contribution < -0.4 is 5.43 Å². The van der Waals surface area contributed by atoms with Crippen LogP contribution in [-0.2, 0) is 11.8 Å². The number of benzene rings is 1. The fourth-order valence-corrected chi connectivity index (χ4v) is 3.15. The molecule has 2 aromatic heterocycles. The van der Waals surface area contributed by atoms with E-state index in [1.807, 2.05) is 36.1 Å². The molecule has 0 amide bonds. The van der Waals surface area contributed by atoms with Crippen LogP contribution in [0, 0.1) is 0 Å². The van der Waals surface area contributed by atoms with Crippen molar-refractivity contribution in [2.24, 2.45) is 7.05 Å². The topological polar surface area (TPSA) is 61.9 Å². The number of ether oxygens (including phenoxy) is 1. The molecule has 23 heavy (non-hydrogen) atoms. The maximum atomic E-state index is 12.3. The number of fused-ring (bicyclic) bond motifs is 1. The zero-order valence-electron chi connectivity index (χ0n) is 13.0. The lowest BCUT2D eigenvalue weighted by Gasteiger charge is -2.25. The molecule has 0 N–H and O–H groups in total. The Kier molecular flexibility index (Phi) is 3.46. The van der Waals surface area contributed by atoms with Crippen LogP contribution in [-0.4, -0.2) is 32.8 Å². The van der Waals surface area contributed by atoms with Gasteiger partial charge in [0.05, 0.1) is 24.0 Å². The van der Waals surface area contributed by atoms with E-state index in [9.17, 15) is 4.79 Å². The third-order valence-corrected chi connectivity index (χ3v) is 4.38. The second kappa shape index (κ2) is 5.62. The highest BCUT2D eigenvalue weighted by Crippen LogP contribution is 2.26. The van der Waals surface area contributed by atoms with Crippen molar-refractivity contribution in [3.63, 3.8) is 0 Å². The standard InChI is InChI=1S/C17H18N4O2/c1-20-11-13(9-18-20)12-2-3-16-15(8-12)17(22)10-19-21(16)14-4-6-23-7-5-14/h2-3,8-11,14H,4-7H2,1H3. The van der Waals surface area contributed by atoms with Gasteiger partial charge in [0.1, 0.15) is 0 Å². The summed E-state index contributed by atoms with van der Waals surface area (Å²) in [6.07, 6.45) is 7.02. The maximum Gasteiger partial charge on any atom is 0.207 e. The van der Waals surface area contributed by atoms with Gasteiger partial charge in [-0.15, -0.1) is 0 Å². The summed E-state index contributed by atoms with van der Waals surface area (Å²) in [4.78, 5) is 12.3. The number of nitrogens with zero attached hydrogens (tertiary/aromatic N) is 4. The van der Waals surface area contributed by atoms with E-state index in [4.69, 9.17) is 4.74 Å². The van der Waals surface area contributed by atoms with E-state index >= 15 is 0 Å². The second-order valence-corrected chi connectivity index (χ2v) is 5.93. The molecule has 0 unspecified atom stereocenters. The van der Waals surface area contributed by atoms with E-state index < -0.39 is 0 Å². The molecule has 1 aromatic carbocycles. The normalized spacial score (nSPS) is 16.0. The van der Waals surface area contributed by atoms with Crippen molar-refractivity contribution in [3.05, 3.63) is 47.0 Å². The monoisotopic (exact) mass is 310 g/mol. The van der Waals surface area contributed by atoms with Crippen molar-refractivity contribution in [2.45, 2.75) is 18.9 Å². The summed E-state index contributed by atoms with van der Waals surface area (Å²) in [6, 6.07) is 6.24. The van der Waals surface area contributed by atoms with E-state index in [-0.39, 0.29) is 11.5 Å². The highest BCUT2D eigenvalue weighted by atomic mass is 16.5. The van der Waals surface area contributed by atoms with Crippen molar-refractivity contribution >= 4 is 10.9 Å². The van der Waals surface area contributed by atoms with Crippen LogP contribution in [0.25, 0.3) is 22.0 Å². The third-order valence-electron chi connectivity index (χ3n) is 4.38. The van der Waals surface area contributed by atoms with Crippen molar-refractivity contribution in [1.29, 1.82) is 0 Å².